The molecule has 0 saturated carbocycles. The van der Waals surface area contributed by atoms with Gasteiger partial charge in [0.2, 0.25) is 0 Å². The monoisotopic (exact) mass is 274 g/mol. The summed E-state index contributed by atoms with van der Waals surface area (Å²) in [6, 6.07) is 6.53. The topological polar surface area (TPSA) is 49.9 Å². The van der Waals surface area contributed by atoms with E-state index in [0.717, 1.165) is 12.8 Å². The number of hydrogen-bond acceptors (Lipinski definition) is 3. The fourth-order valence-corrected chi connectivity index (χ4v) is 3.10. The second-order valence-corrected chi connectivity index (χ2v) is 5.41. The van der Waals surface area contributed by atoms with Crippen molar-refractivity contribution in [2.75, 3.05) is 18.6 Å². The van der Waals surface area contributed by atoms with Gasteiger partial charge < -0.3 is 9.64 Å². The minimum Gasteiger partial charge on any atom is -0.497 e. The standard InChI is InChI=1S/C15H18N2O3/c1-10-4-3-9-16-13(10)14(18)17(15(16)19)11-5-7-12(20-2)8-6-11/h5-8,10,13H,3-4,9H2,1-2H3. The molecule has 2 aliphatic rings. The van der Waals surface area contributed by atoms with Crippen molar-refractivity contribution in [3.8, 4) is 5.75 Å². The molecule has 2 saturated heterocycles. The van der Waals surface area contributed by atoms with Crippen molar-refractivity contribution in [2.45, 2.75) is 25.8 Å². The van der Waals surface area contributed by atoms with E-state index in [1.807, 2.05) is 6.92 Å². The lowest BCUT2D eigenvalue weighted by Crippen LogP contribution is -2.44. The Bertz CT molecular complexity index is 541. The van der Waals surface area contributed by atoms with Crippen LogP contribution in [-0.4, -0.2) is 36.5 Å². The first-order valence-corrected chi connectivity index (χ1v) is 6.92. The molecule has 106 valence electrons. The second kappa shape index (κ2) is 4.81. The van der Waals surface area contributed by atoms with E-state index >= 15 is 0 Å². The SMILES string of the molecule is COc1ccc(N2C(=O)C3C(C)CCCN3C2=O)cc1. The van der Waals surface area contributed by atoms with Crippen molar-refractivity contribution in [3.05, 3.63) is 24.3 Å². The van der Waals surface area contributed by atoms with Crippen LogP contribution in [0.25, 0.3) is 0 Å². The predicted molar refractivity (Wildman–Crippen MR) is 74.8 cm³/mol. The number of amides is 3. The van der Waals surface area contributed by atoms with E-state index in [-0.39, 0.29) is 23.9 Å². The first-order valence-electron chi connectivity index (χ1n) is 6.92. The van der Waals surface area contributed by atoms with Crippen LogP contribution in [-0.2, 0) is 4.79 Å². The van der Waals surface area contributed by atoms with Crippen molar-refractivity contribution < 1.29 is 14.3 Å². The van der Waals surface area contributed by atoms with Gasteiger partial charge in [0.1, 0.15) is 11.8 Å². The number of carbonyl (C=O) groups is 2. The van der Waals surface area contributed by atoms with E-state index in [2.05, 4.69) is 0 Å². The molecule has 0 radical (unpaired) electrons. The smallest absolute Gasteiger partial charge is 0.332 e. The maximum absolute atomic E-state index is 12.5. The molecular formula is C15H18N2O3. The zero-order valence-electron chi connectivity index (χ0n) is 11.7. The van der Waals surface area contributed by atoms with Gasteiger partial charge in [-0.3, -0.25) is 4.79 Å². The highest BCUT2D eigenvalue weighted by Gasteiger charge is 2.49. The molecule has 1 aromatic carbocycles. The van der Waals surface area contributed by atoms with Crippen LogP contribution in [0.2, 0.25) is 0 Å². The van der Waals surface area contributed by atoms with Gasteiger partial charge in [0.15, 0.2) is 0 Å². The molecule has 2 unspecified atom stereocenters. The first kappa shape index (κ1) is 13.0. The number of urea groups is 1. The number of nitrogens with zero attached hydrogens (tertiary/aromatic N) is 2. The summed E-state index contributed by atoms with van der Waals surface area (Å²) >= 11 is 0. The molecule has 5 nitrogen and oxygen atoms in total. The van der Waals surface area contributed by atoms with Crippen LogP contribution < -0.4 is 9.64 Å². The lowest BCUT2D eigenvalue weighted by molar-refractivity contribution is -0.121. The third kappa shape index (κ3) is 1.85. The van der Waals surface area contributed by atoms with Crippen molar-refractivity contribution >= 4 is 17.6 Å². The number of imide groups is 1. The van der Waals surface area contributed by atoms with E-state index in [4.69, 9.17) is 4.74 Å². The Balaban J connectivity index is 1.93. The molecular weight excluding hydrogens is 256 g/mol. The van der Waals surface area contributed by atoms with Crippen molar-refractivity contribution in [1.82, 2.24) is 4.90 Å². The Morgan fingerprint density at radius 3 is 2.50 bits per heavy atom. The third-order valence-corrected chi connectivity index (χ3v) is 4.17. The summed E-state index contributed by atoms with van der Waals surface area (Å²) in [5.41, 5.74) is 0.613. The molecule has 20 heavy (non-hydrogen) atoms. The normalized spacial score (nSPS) is 25.9. The number of carbonyl (C=O) groups excluding carboxylic acids is 2. The van der Waals surface area contributed by atoms with Gasteiger partial charge >= 0.3 is 6.03 Å². The van der Waals surface area contributed by atoms with E-state index < -0.39 is 0 Å². The number of hydrogen-bond donors (Lipinski definition) is 0. The number of fused-ring (bicyclic) bond motifs is 1. The van der Waals surface area contributed by atoms with Crippen LogP contribution in [0.4, 0.5) is 10.5 Å². The van der Waals surface area contributed by atoms with Crippen LogP contribution in [0, 0.1) is 5.92 Å². The molecule has 0 spiro atoms. The summed E-state index contributed by atoms with van der Waals surface area (Å²) in [4.78, 5) is 28.0. The summed E-state index contributed by atoms with van der Waals surface area (Å²) in [7, 11) is 1.59. The third-order valence-electron chi connectivity index (χ3n) is 4.17. The van der Waals surface area contributed by atoms with Crippen molar-refractivity contribution in [1.29, 1.82) is 0 Å². The predicted octanol–water partition coefficient (Wildman–Crippen LogP) is 2.26. The largest absolute Gasteiger partial charge is 0.497 e. The number of ether oxygens (including phenoxy) is 1. The van der Waals surface area contributed by atoms with Crippen molar-refractivity contribution in [3.63, 3.8) is 0 Å². The van der Waals surface area contributed by atoms with E-state index in [1.165, 1.54) is 4.90 Å². The molecule has 2 heterocycles. The maximum Gasteiger partial charge on any atom is 0.332 e. The Labute approximate surface area is 118 Å². The fourth-order valence-electron chi connectivity index (χ4n) is 3.10. The highest BCUT2D eigenvalue weighted by atomic mass is 16.5. The quantitative estimate of drug-likeness (QED) is 0.777. The highest BCUT2D eigenvalue weighted by molar-refractivity contribution is 6.21. The molecule has 2 aliphatic heterocycles. The summed E-state index contributed by atoms with van der Waals surface area (Å²) in [5.74, 6) is 0.828. The number of benzene rings is 1. The molecule has 3 amide bonds. The Hall–Kier alpha value is -2.04. The van der Waals surface area contributed by atoms with Gasteiger partial charge in [0, 0.05) is 6.54 Å². The van der Waals surface area contributed by atoms with Crippen LogP contribution in [0.15, 0.2) is 24.3 Å². The number of rotatable bonds is 2. The van der Waals surface area contributed by atoms with E-state index in [0.29, 0.717) is 18.0 Å². The zero-order chi connectivity index (χ0) is 14.3. The molecule has 5 heteroatoms. The lowest BCUT2D eigenvalue weighted by Gasteiger charge is -2.31. The fraction of sp³-hybridized carbons (Fsp3) is 0.467. The number of anilines is 1. The van der Waals surface area contributed by atoms with E-state index in [1.54, 1.807) is 36.3 Å². The molecule has 0 aliphatic carbocycles. The minimum atomic E-state index is -0.293. The van der Waals surface area contributed by atoms with Crippen LogP contribution in [0.1, 0.15) is 19.8 Å². The van der Waals surface area contributed by atoms with Gasteiger partial charge in [-0.25, -0.2) is 9.69 Å². The summed E-state index contributed by atoms with van der Waals surface area (Å²) < 4.78 is 5.10. The van der Waals surface area contributed by atoms with Gasteiger partial charge in [-0.1, -0.05) is 6.92 Å². The molecule has 0 aromatic heterocycles. The molecule has 2 atom stereocenters. The average Bonchev–Trinajstić information content (AvgIpc) is 2.72. The Morgan fingerprint density at radius 1 is 1.20 bits per heavy atom. The van der Waals surface area contributed by atoms with Gasteiger partial charge in [-0.05, 0) is 43.0 Å². The van der Waals surface area contributed by atoms with Crippen molar-refractivity contribution in [2.24, 2.45) is 5.92 Å². The number of methoxy groups -OCH3 is 1. The average molecular weight is 274 g/mol. The molecule has 2 fully saturated rings. The van der Waals surface area contributed by atoms with Crippen LogP contribution in [0.5, 0.6) is 5.75 Å². The first-order chi connectivity index (χ1) is 9.63. The lowest BCUT2D eigenvalue weighted by atomic mass is 9.91. The number of piperidine rings is 1. The summed E-state index contributed by atoms with van der Waals surface area (Å²) in [5, 5.41) is 0. The summed E-state index contributed by atoms with van der Waals surface area (Å²) in [6.07, 6.45) is 1.96. The molecule has 3 rings (SSSR count). The van der Waals surface area contributed by atoms with Gasteiger partial charge in [-0.2, -0.15) is 0 Å². The van der Waals surface area contributed by atoms with Gasteiger partial charge in [0.05, 0.1) is 12.8 Å². The van der Waals surface area contributed by atoms with Crippen LogP contribution >= 0.6 is 0 Å². The maximum atomic E-state index is 12.5. The summed E-state index contributed by atoms with van der Waals surface area (Å²) in [6.45, 7) is 2.71. The molecule has 1 aromatic rings. The van der Waals surface area contributed by atoms with E-state index in [9.17, 15) is 9.59 Å². The Morgan fingerprint density at radius 2 is 1.90 bits per heavy atom. The minimum absolute atomic E-state index is 0.104. The van der Waals surface area contributed by atoms with Gasteiger partial charge in [-0.15, -0.1) is 0 Å². The zero-order valence-corrected chi connectivity index (χ0v) is 11.7. The van der Waals surface area contributed by atoms with Gasteiger partial charge in [0.25, 0.3) is 5.91 Å². The highest BCUT2D eigenvalue weighted by Crippen LogP contribution is 2.34. The second-order valence-electron chi connectivity index (χ2n) is 5.41. The van der Waals surface area contributed by atoms with Crippen LogP contribution in [0.3, 0.4) is 0 Å². The Kier molecular flexibility index (Phi) is 3.12. The molecule has 0 bridgehead atoms. The molecule has 0 N–H and O–H groups in total.